The van der Waals surface area contributed by atoms with Crippen molar-refractivity contribution in [3.63, 3.8) is 0 Å². The summed E-state index contributed by atoms with van der Waals surface area (Å²) in [5.41, 5.74) is 10.4. The predicted octanol–water partition coefficient (Wildman–Crippen LogP) is 9.53. The minimum Gasteiger partial charge on any atom is -0.508 e. The predicted molar refractivity (Wildman–Crippen MR) is 163 cm³/mol. The number of hydrogen-bond donors (Lipinski definition) is 2. The largest absolute Gasteiger partial charge is 0.508 e. The van der Waals surface area contributed by atoms with Gasteiger partial charge in [0.1, 0.15) is 11.5 Å². The van der Waals surface area contributed by atoms with E-state index in [1.807, 2.05) is 26.0 Å². The van der Waals surface area contributed by atoms with Crippen molar-refractivity contribution in [2.24, 2.45) is 0 Å². The van der Waals surface area contributed by atoms with E-state index >= 15 is 0 Å². The first kappa shape index (κ1) is 24.0. The van der Waals surface area contributed by atoms with Gasteiger partial charge in [-0.3, -0.25) is 0 Å². The van der Waals surface area contributed by atoms with E-state index in [4.69, 9.17) is 0 Å². The lowest BCUT2D eigenvalue weighted by molar-refractivity contribution is 0.470. The van der Waals surface area contributed by atoms with Crippen molar-refractivity contribution >= 4 is 22.7 Å². The summed E-state index contributed by atoms with van der Waals surface area (Å²) in [6, 6.07) is 34.1. The molecule has 0 aliphatic heterocycles. The van der Waals surface area contributed by atoms with Gasteiger partial charge in [0.05, 0.1) is 5.41 Å². The van der Waals surface area contributed by atoms with Crippen molar-refractivity contribution in [1.82, 2.24) is 0 Å². The molecule has 2 heterocycles. The lowest BCUT2D eigenvalue weighted by Crippen LogP contribution is -2.29. The van der Waals surface area contributed by atoms with E-state index in [1.165, 1.54) is 43.1 Å². The fourth-order valence-electron chi connectivity index (χ4n) is 6.08. The molecule has 4 aromatic carbocycles. The van der Waals surface area contributed by atoms with Gasteiger partial charge in [0.2, 0.25) is 0 Å². The Balaban J connectivity index is 1.63. The van der Waals surface area contributed by atoms with Crippen LogP contribution in [0, 0.1) is 13.8 Å². The van der Waals surface area contributed by atoms with Crippen LogP contribution < -0.4 is 0 Å². The van der Waals surface area contributed by atoms with Crippen molar-refractivity contribution in [3.8, 4) is 43.5 Å². The van der Waals surface area contributed by atoms with Crippen molar-refractivity contribution in [1.29, 1.82) is 0 Å². The van der Waals surface area contributed by atoms with Crippen LogP contribution in [-0.2, 0) is 5.41 Å². The summed E-state index contributed by atoms with van der Waals surface area (Å²) < 4.78 is 0. The van der Waals surface area contributed by atoms with E-state index in [-0.39, 0.29) is 11.5 Å². The van der Waals surface area contributed by atoms with Gasteiger partial charge in [-0.2, -0.15) is 0 Å². The molecule has 1 aliphatic carbocycles. The van der Waals surface area contributed by atoms with Crippen LogP contribution >= 0.6 is 22.7 Å². The molecule has 0 radical (unpaired) electrons. The summed E-state index contributed by atoms with van der Waals surface area (Å²) in [5.74, 6) is 0.572. The van der Waals surface area contributed by atoms with Crippen LogP contribution in [0.1, 0.15) is 33.4 Å². The zero-order valence-corrected chi connectivity index (χ0v) is 23.2. The van der Waals surface area contributed by atoms with E-state index in [9.17, 15) is 10.2 Å². The SMILES string of the molecule is Cc1cc(C2(c3ccc(O)c(C)c3)c3cc(-c4cccs4)ccc3-c3ccc(-c4cccs4)cc32)ccc1O. The molecule has 4 heteroatoms. The van der Waals surface area contributed by atoms with Crippen molar-refractivity contribution in [2.45, 2.75) is 19.3 Å². The average molecular weight is 543 g/mol. The number of thiophene rings is 2. The Morgan fingerprint density at radius 2 is 1.00 bits per heavy atom. The smallest absolute Gasteiger partial charge is 0.118 e. The molecule has 2 nitrogen and oxygen atoms in total. The van der Waals surface area contributed by atoms with Gasteiger partial charge in [-0.15, -0.1) is 22.7 Å². The van der Waals surface area contributed by atoms with Gasteiger partial charge >= 0.3 is 0 Å². The zero-order valence-electron chi connectivity index (χ0n) is 21.6. The summed E-state index contributed by atoms with van der Waals surface area (Å²) in [6.45, 7) is 3.91. The van der Waals surface area contributed by atoms with E-state index < -0.39 is 5.41 Å². The van der Waals surface area contributed by atoms with Crippen LogP contribution in [0.2, 0.25) is 0 Å². The molecule has 2 N–H and O–H groups in total. The van der Waals surface area contributed by atoms with Crippen LogP contribution in [-0.4, -0.2) is 10.2 Å². The number of aryl methyl sites for hydroxylation is 2. The third-order valence-electron chi connectivity index (χ3n) is 8.01. The number of aromatic hydroxyl groups is 2. The lowest BCUT2D eigenvalue weighted by Gasteiger charge is -2.35. The Hall–Kier alpha value is -4.12. The van der Waals surface area contributed by atoms with Gasteiger partial charge in [-0.25, -0.2) is 0 Å². The third-order valence-corrected chi connectivity index (χ3v) is 9.85. The fraction of sp³-hybridized carbons (Fsp3) is 0.0857. The molecule has 0 bridgehead atoms. The van der Waals surface area contributed by atoms with Crippen molar-refractivity contribution < 1.29 is 10.2 Å². The Kier molecular flexibility index (Phi) is 5.51. The van der Waals surface area contributed by atoms with Gasteiger partial charge in [-0.05, 0) is 117 Å². The quantitative estimate of drug-likeness (QED) is 0.232. The number of benzene rings is 4. The molecule has 0 unspecified atom stereocenters. The Morgan fingerprint density at radius 1 is 0.538 bits per heavy atom. The minimum absolute atomic E-state index is 0.286. The highest BCUT2D eigenvalue weighted by molar-refractivity contribution is 7.13. The van der Waals surface area contributed by atoms with Gasteiger partial charge < -0.3 is 10.2 Å². The Bertz CT molecular complexity index is 1710. The van der Waals surface area contributed by atoms with Crippen LogP contribution in [0.3, 0.4) is 0 Å². The second kappa shape index (κ2) is 8.98. The molecular formula is C35H26O2S2. The average Bonchev–Trinajstić information content (AvgIpc) is 3.72. The highest BCUT2D eigenvalue weighted by atomic mass is 32.1. The van der Waals surface area contributed by atoms with Crippen molar-refractivity contribution in [3.05, 3.63) is 141 Å². The van der Waals surface area contributed by atoms with E-state index in [2.05, 4.69) is 95.7 Å². The maximum atomic E-state index is 10.5. The zero-order chi connectivity index (χ0) is 26.7. The first-order chi connectivity index (χ1) is 19.0. The van der Waals surface area contributed by atoms with E-state index in [0.29, 0.717) is 0 Å². The molecule has 2 aromatic heterocycles. The van der Waals surface area contributed by atoms with Gasteiger partial charge in [-0.1, -0.05) is 60.7 Å². The van der Waals surface area contributed by atoms with Crippen LogP contribution in [0.15, 0.2) is 108 Å². The number of phenolic OH excluding ortho intramolecular Hbond substituents is 2. The lowest BCUT2D eigenvalue weighted by atomic mass is 9.66. The molecule has 0 spiro atoms. The number of rotatable bonds is 4. The van der Waals surface area contributed by atoms with E-state index in [1.54, 1.807) is 22.7 Å². The van der Waals surface area contributed by atoms with Crippen molar-refractivity contribution in [2.75, 3.05) is 0 Å². The number of fused-ring (bicyclic) bond motifs is 3. The molecular weight excluding hydrogens is 517 g/mol. The van der Waals surface area contributed by atoms with Crippen LogP contribution in [0.4, 0.5) is 0 Å². The van der Waals surface area contributed by atoms with Gasteiger partial charge in [0.25, 0.3) is 0 Å². The van der Waals surface area contributed by atoms with Crippen LogP contribution in [0.5, 0.6) is 11.5 Å². The molecule has 1 aliphatic rings. The molecule has 190 valence electrons. The maximum absolute atomic E-state index is 10.5. The Labute approximate surface area is 236 Å². The summed E-state index contributed by atoms with van der Waals surface area (Å²) in [5, 5.41) is 25.3. The molecule has 6 aromatic rings. The van der Waals surface area contributed by atoms with Gasteiger partial charge in [0.15, 0.2) is 0 Å². The molecule has 0 saturated carbocycles. The monoisotopic (exact) mass is 542 g/mol. The first-order valence-corrected chi connectivity index (χ1v) is 14.7. The molecule has 7 rings (SSSR count). The summed E-state index contributed by atoms with van der Waals surface area (Å²) in [7, 11) is 0. The third kappa shape index (κ3) is 3.59. The highest BCUT2D eigenvalue weighted by Crippen LogP contribution is 2.58. The second-order valence-electron chi connectivity index (χ2n) is 10.2. The Morgan fingerprint density at radius 3 is 1.38 bits per heavy atom. The first-order valence-electron chi connectivity index (χ1n) is 12.9. The minimum atomic E-state index is -0.637. The molecule has 0 atom stereocenters. The summed E-state index contributed by atoms with van der Waals surface area (Å²) in [6.07, 6.45) is 0. The normalized spacial score (nSPS) is 13.3. The van der Waals surface area contributed by atoms with Crippen LogP contribution in [0.25, 0.3) is 32.0 Å². The standard InChI is InChI=1S/C35H26O2S2/c1-21-17-25(9-13-31(21)36)35(26-10-14-32(37)22(2)18-26)29-19-23(33-5-3-15-38-33)7-11-27(29)28-12-8-24(20-30(28)35)34-6-4-16-39-34/h3-20,36-37H,1-2H3. The topological polar surface area (TPSA) is 40.5 Å². The molecule has 0 fully saturated rings. The number of phenols is 2. The van der Waals surface area contributed by atoms with Gasteiger partial charge in [0, 0.05) is 9.75 Å². The second-order valence-corrected chi connectivity index (χ2v) is 12.1. The maximum Gasteiger partial charge on any atom is 0.118 e. The number of hydrogen-bond acceptors (Lipinski definition) is 4. The molecule has 0 saturated heterocycles. The highest BCUT2D eigenvalue weighted by Gasteiger charge is 2.47. The summed E-state index contributed by atoms with van der Waals surface area (Å²) >= 11 is 3.48. The molecule has 0 amide bonds. The summed E-state index contributed by atoms with van der Waals surface area (Å²) in [4.78, 5) is 2.46. The fourth-order valence-corrected chi connectivity index (χ4v) is 7.53. The molecule has 39 heavy (non-hydrogen) atoms. The van der Waals surface area contributed by atoms with E-state index in [0.717, 1.165) is 22.3 Å².